The van der Waals surface area contributed by atoms with Crippen LogP contribution in [0, 0.1) is 0 Å². The summed E-state index contributed by atoms with van der Waals surface area (Å²) in [5.41, 5.74) is 1.28. The Kier molecular flexibility index (Phi) is 5.68. The van der Waals surface area contributed by atoms with Crippen LogP contribution >= 0.6 is 11.6 Å². The van der Waals surface area contributed by atoms with Gasteiger partial charge in [-0.3, -0.25) is 0 Å². The summed E-state index contributed by atoms with van der Waals surface area (Å²) in [6, 6.07) is 9.19. The van der Waals surface area contributed by atoms with E-state index in [4.69, 9.17) is 11.6 Å². The van der Waals surface area contributed by atoms with E-state index in [1.54, 1.807) is 0 Å². The van der Waals surface area contributed by atoms with Gasteiger partial charge in [0.25, 0.3) is 0 Å². The number of nitrogens with zero attached hydrogens (tertiary/aromatic N) is 1. The predicted molar refractivity (Wildman–Crippen MR) is 82.8 cm³/mol. The average Bonchev–Trinajstić information content (AvgIpc) is 2.41. The second-order valence-corrected chi connectivity index (χ2v) is 6.00. The summed E-state index contributed by atoms with van der Waals surface area (Å²) in [6.07, 6.45) is 3.77. The molecular formula is C16H25ClN2. The van der Waals surface area contributed by atoms with Gasteiger partial charge in [0, 0.05) is 17.1 Å². The van der Waals surface area contributed by atoms with Crippen LogP contribution in [0.25, 0.3) is 0 Å². The van der Waals surface area contributed by atoms with Crippen molar-refractivity contribution >= 4 is 11.6 Å². The van der Waals surface area contributed by atoms with Gasteiger partial charge in [0.1, 0.15) is 0 Å². The predicted octanol–water partition coefficient (Wildman–Crippen LogP) is 3.87. The monoisotopic (exact) mass is 280 g/mol. The molecular weight excluding hydrogens is 256 g/mol. The van der Waals surface area contributed by atoms with E-state index in [2.05, 4.69) is 36.2 Å². The van der Waals surface area contributed by atoms with Gasteiger partial charge in [-0.2, -0.15) is 0 Å². The van der Waals surface area contributed by atoms with E-state index >= 15 is 0 Å². The molecule has 2 nitrogen and oxygen atoms in total. The third kappa shape index (κ3) is 4.48. The summed E-state index contributed by atoms with van der Waals surface area (Å²) in [7, 11) is 0. The quantitative estimate of drug-likeness (QED) is 0.881. The lowest BCUT2D eigenvalue weighted by atomic mass is 10.0. The minimum absolute atomic E-state index is 0.376. The lowest BCUT2D eigenvalue weighted by Crippen LogP contribution is -2.43. The highest BCUT2D eigenvalue weighted by atomic mass is 35.5. The largest absolute Gasteiger partial charge is 0.307 e. The van der Waals surface area contributed by atoms with Crippen molar-refractivity contribution in [2.75, 3.05) is 19.6 Å². The molecule has 1 aromatic carbocycles. The SMILES string of the molecule is CCCN1CCC(NC(C)c2cccc(Cl)c2)CC1. The zero-order valence-electron chi connectivity index (χ0n) is 12.0. The van der Waals surface area contributed by atoms with Gasteiger partial charge in [-0.15, -0.1) is 0 Å². The Hall–Kier alpha value is -0.570. The molecule has 0 bridgehead atoms. The number of rotatable bonds is 5. The molecule has 0 aliphatic carbocycles. The third-order valence-electron chi connectivity index (χ3n) is 3.96. The summed E-state index contributed by atoms with van der Waals surface area (Å²) >= 11 is 6.05. The molecule has 1 unspecified atom stereocenters. The Morgan fingerprint density at radius 2 is 2.11 bits per heavy atom. The van der Waals surface area contributed by atoms with Gasteiger partial charge in [-0.25, -0.2) is 0 Å². The molecule has 0 radical (unpaired) electrons. The van der Waals surface area contributed by atoms with E-state index in [1.165, 1.54) is 44.5 Å². The van der Waals surface area contributed by atoms with Gasteiger partial charge in [-0.05, 0) is 63.5 Å². The number of likely N-dealkylation sites (tertiary alicyclic amines) is 1. The number of piperidine rings is 1. The van der Waals surface area contributed by atoms with Crippen LogP contribution in [0.5, 0.6) is 0 Å². The first kappa shape index (κ1) is 14.8. The second-order valence-electron chi connectivity index (χ2n) is 5.56. The molecule has 3 heteroatoms. The summed E-state index contributed by atoms with van der Waals surface area (Å²) < 4.78 is 0. The fourth-order valence-corrected chi connectivity index (χ4v) is 3.06. The van der Waals surface area contributed by atoms with E-state index in [9.17, 15) is 0 Å². The van der Waals surface area contributed by atoms with Crippen LogP contribution in [0.4, 0.5) is 0 Å². The number of hydrogen-bond donors (Lipinski definition) is 1. The molecule has 1 saturated heterocycles. The van der Waals surface area contributed by atoms with Crippen molar-refractivity contribution < 1.29 is 0 Å². The minimum Gasteiger partial charge on any atom is -0.307 e. The van der Waals surface area contributed by atoms with Gasteiger partial charge < -0.3 is 10.2 Å². The molecule has 0 saturated carbocycles. The van der Waals surface area contributed by atoms with Crippen LogP contribution in [0.3, 0.4) is 0 Å². The lowest BCUT2D eigenvalue weighted by molar-refractivity contribution is 0.192. The average molecular weight is 281 g/mol. The molecule has 0 amide bonds. The first-order chi connectivity index (χ1) is 9.19. The minimum atomic E-state index is 0.376. The topological polar surface area (TPSA) is 15.3 Å². The number of hydrogen-bond acceptors (Lipinski definition) is 2. The van der Waals surface area contributed by atoms with E-state index in [0.29, 0.717) is 12.1 Å². The van der Waals surface area contributed by atoms with Crippen LogP contribution in [-0.4, -0.2) is 30.6 Å². The van der Waals surface area contributed by atoms with Crippen molar-refractivity contribution in [1.82, 2.24) is 10.2 Å². The smallest absolute Gasteiger partial charge is 0.0409 e. The molecule has 1 aliphatic rings. The van der Waals surface area contributed by atoms with Crippen molar-refractivity contribution in [3.63, 3.8) is 0 Å². The van der Waals surface area contributed by atoms with Gasteiger partial charge in [-0.1, -0.05) is 30.7 Å². The summed E-state index contributed by atoms with van der Waals surface area (Å²) in [6.45, 7) is 8.19. The highest BCUT2D eigenvalue weighted by Gasteiger charge is 2.20. The van der Waals surface area contributed by atoms with Gasteiger partial charge in [0.05, 0.1) is 0 Å². The van der Waals surface area contributed by atoms with Crippen molar-refractivity contribution in [2.24, 2.45) is 0 Å². The lowest BCUT2D eigenvalue weighted by Gasteiger charge is -2.33. The molecule has 0 spiro atoms. The Morgan fingerprint density at radius 3 is 2.74 bits per heavy atom. The molecule has 1 aromatic rings. The Labute approximate surface area is 122 Å². The van der Waals surface area contributed by atoms with Crippen molar-refractivity contribution in [3.05, 3.63) is 34.9 Å². The number of benzene rings is 1. The maximum Gasteiger partial charge on any atom is 0.0409 e. The van der Waals surface area contributed by atoms with E-state index in [0.717, 1.165) is 5.02 Å². The van der Waals surface area contributed by atoms with E-state index in [-0.39, 0.29) is 0 Å². The second kappa shape index (κ2) is 7.28. The van der Waals surface area contributed by atoms with Gasteiger partial charge >= 0.3 is 0 Å². The van der Waals surface area contributed by atoms with Gasteiger partial charge in [0.15, 0.2) is 0 Å². The zero-order valence-corrected chi connectivity index (χ0v) is 12.8. The molecule has 1 N–H and O–H groups in total. The fourth-order valence-electron chi connectivity index (χ4n) is 2.87. The number of halogens is 1. The third-order valence-corrected chi connectivity index (χ3v) is 4.20. The summed E-state index contributed by atoms with van der Waals surface area (Å²) in [5.74, 6) is 0. The molecule has 106 valence electrons. The molecule has 1 fully saturated rings. The number of nitrogens with one attached hydrogen (secondary N) is 1. The Morgan fingerprint density at radius 1 is 1.37 bits per heavy atom. The van der Waals surface area contributed by atoms with Crippen LogP contribution in [0.1, 0.15) is 44.7 Å². The first-order valence-corrected chi connectivity index (χ1v) is 7.80. The maximum atomic E-state index is 6.05. The highest BCUT2D eigenvalue weighted by molar-refractivity contribution is 6.30. The van der Waals surface area contributed by atoms with E-state index in [1.807, 2.05) is 12.1 Å². The van der Waals surface area contributed by atoms with Crippen molar-refractivity contribution in [2.45, 2.75) is 45.2 Å². The Bertz CT molecular complexity index is 386. The van der Waals surface area contributed by atoms with Crippen LogP contribution in [0.15, 0.2) is 24.3 Å². The van der Waals surface area contributed by atoms with Crippen molar-refractivity contribution in [3.8, 4) is 0 Å². The maximum absolute atomic E-state index is 6.05. The molecule has 1 aliphatic heterocycles. The standard InChI is InChI=1S/C16H25ClN2/c1-3-9-19-10-7-16(8-11-19)18-13(2)14-5-4-6-15(17)12-14/h4-6,12-13,16,18H,3,7-11H2,1-2H3. The van der Waals surface area contributed by atoms with Crippen LogP contribution < -0.4 is 5.32 Å². The summed E-state index contributed by atoms with van der Waals surface area (Å²) in [4.78, 5) is 2.57. The molecule has 19 heavy (non-hydrogen) atoms. The van der Waals surface area contributed by atoms with Gasteiger partial charge in [0.2, 0.25) is 0 Å². The molecule has 0 aromatic heterocycles. The Balaban J connectivity index is 1.82. The normalized spacial score (nSPS) is 19.5. The molecule has 1 heterocycles. The van der Waals surface area contributed by atoms with Crippen LogP contribution in [0.2, 0.25) is 5.02 Å². The fraction of sp³-hybridized carbons (Fsp3) is 0.625. The molecule has 1 atom stereocenters. The van der Waals surface area contributed by atoms with Crippen LogP contribution in [-0.2, 0) is 0 Å². The highest BCUT2D eigenvalue weighted by Crippen LogP contribution is 2.20. The molecule has 2 rings (SSSR count). The zero-order chi connectivity index (χ0) is 13.7. The van der Waals surface area contributed by atoms with Crippen molar-refractivity contribution in [1.29, 1.82) is 0 Å². The first-order valence-electron chi connectivity index (χ1n) is 7.43. The van der Waals surface area contributed by atoms with E-state index < -0.39 is 0 Å². The summed E-state index contributed by atoms with van der Waals surface area (Å²) in [5, 5.41) is 4.56.